The molecule has 0 amide bonds. The Balaban J connectivity index is 2.10. The van der Waals surface area contributed by atoms with Crippen molar-refractivity contribution in [2.75, 3.05) is 16.8 Å². The molecule has 1 aromatic rings. The number of benzene rings is 1. The van der Waals surface area contributed by atoms with E-state index in [1.165, 1.54) is 0 Å². The topological polar surface area (TPSA) is 46.2 Å². The molecule has 1 saturated heterocycles. The van der Waals surface area contributed by atoms with Crippen LogP contribution in [0.3, 0.4) is 0 Å². The molecule has 94 valence electrons. The van der Waals surface area contributed by atoms with Gasteiger partial charge < -0.3 is 5.32 Å². The van der Waals surface area contributed by atoms with Crippen LogP contribution in [0.4, 0.5) is 5.69 Å². The molecule has 6 heteroatoms. The summed E-state index contributed by atoms with van der Waals surface area (Å²) < 4.78 is 25.0. The predicted molar refractivity (Wildman–Crippen MR) is 77.1 cm³/mol. The Morgan fingerprint density at radius 3 is 2.71 bits per heavy atom. The molecule has 0 spiro atoms. The summed E-state index contributed by atoms with van der Waals surface area (Å²) >= 11 is 6.85. The third-order valence-electron chi connectivity index (χ3n) is 2.75. The summed E-state index contributed by atoms with van der Waals surface area (Å²) in [6.45, 7) is 0. The SMILES string of the molecule is O=S1(=O)CCCC(Nc2ccc(Br)cc2Br)C1. The summed E-state index contributed by atoms with van der Waals surface area (Å²) in [5.74, 6) is 0.558. The monoisotopic (exact) mass is 381 g/mol. The van der Waals surface area contributed by atoms with Crippen LogP contribution in [0.5, 0.6) is 0 Å². The lowest BCUT2D eigenvalue weighted by Crippen LogP contribution is -2.34. The van der Waals surface area contributed by atoms with Crippen LogP contribution in [0.1, 0.15) is 12.8 Å². The number of nitrogens with one attached hydrogen (secondary N) is 1. The molecule has 17 heavy (non-hydrogen) atoms. The fourth-order valence-corrected chi connectivity index (χ4v) is 4.76. The minimum absolute atomic E-state index is 0.0197. The lowest BCUT2D eigenvalue weighted by molar-refractivity contribution is 0.562. The predicted octanol–water partition coefficient (Wildman–Crippen LogP) is 3.20. The zero-order chi connectivity index (χ0) is 12.5. The van der Waals surface area contributed by atoms with E-state index in [1.807, 2.05) is 18.2 Å². The largest absolute Gasteiger partial charge is 0.380 e. The molecule has 0 bridgehead atoms. The fraction of sp³-hybridized carbons (Fsp3) is 0.455. The van der Waals surface area contributed by atoms with Crippen LogP contribution in [-0.2, 0) is 9.84 Å². The van der Waals surface area contributed by atoms with E-state index in [4.69, 9.17) is 0 Å². The molecule has 1 fully saturated rings. The molecule has 0 aliphatic carbocycles. The molecule has 0 saturated carbocycles. The molecule has 1 aliphatic rings. The maximum Gasteiger partial charge on any atom is 0.152 e. The molecular formula is C11H13Br2NO2S. The Kier molecular flexibility index (Phi) is 4.15. The summed E-state index contributed by atoms with van der Waals surface area (Å²) in [5.41, 5.74) is 0.940. The summed E-state index contributed by atoms with van der Waals surface area (Å²) in [5, 5.41) is 3.29. The molecule has 1 heterocycles. The molecule has 1 aliphatic heterocycles. The summed E-state index contributed by atoms with van der Waals surface area (Å²) in [6, 6.07) is 5.84. The van der Waals surface area contributed by atoms with Gasteiger partial charge in [-0.2, -0.15) is 0 Å². The van der Waals surface area contributed by atoms with Crippen molar-refractivity contribution >= 4 is 47.4 Å². The van der Waals surface area contributed by atoms with Crippen LogP contribution in [0.2, 0.25) is 0 Å². The van der Waals surface area contributed by atoms with Crippen molar-refractivity contribution in [2.24, 2.45) is 0 Å². The number of halogens is 2. The van der Waals surface area contributed by atoms with E-state index in [9.17, 15) is 8.42 Å². The normalized spacial score (nSPS) is 23.3. The summed E-state index contributed by atoms with van der Waals surface area (Å²) in [6.07, 6.45) is 1.65. The van der Waals surface area contributed by atoms with Crippen LogP contribution in [0.15, 0.2) is 27.1 Å². The maximum atomic E-state index is 11.5. The van der Waals surface area contributed by atoms with Crippen molar-refractivity contribution < 1.29 is 8.42 Å². The first kappa shape index (κ1) is 13.4. The third-order valence-corrected chi connectivity index (χ3v) is 5.72. The smallest absolute Gasteiger partial charge is 0.152 e. The number of anilines is 1. The van der Waals surface area contributed by atoms with Crippen LogP contribution in [-0.4, -0.2) is 26.0 Å². The van der Waals surface area contributed by atoms with E-state index >= 15 is 0 Å². The second-order valence-electron chi connectivity index (χ2n) is 4.22. The first-order valence-corrected chi connectivity index (χ1v) is 8.79. The molecule has 0 radical (unpaired) electrons. The Morgan fingerprint density at radius 2 is 2.06 bits per heavy atom. The summed E-state index contributed by atoms with van der Waals surface area (Å²) in [4.78, 5) is 0. The Hall–Kier alpha value is -0.0700. The van der Waals surface area contributed by atoms with Crippen LogP contribution < -0.4 is 5.32 Å². The number of hydrogen-bond donors (Lipinski definition) is 1. The Bertz CT molecular complexity index is 516. The van der Waals surface area contributed by atoms with E-state index in [0.717, 1.165) is 27.5 Å². The van der Waals surface area contributed by atoms with Crippen molar-refractivity contribution in [1.82, 2.24) is 0 Å². The van der Waals surface area contributed by atoms with Crippen molar-refractivity contribution in [3.8, 4) is 0 Å². The van der Waals surface area contributed by atoms with Gasteiger partial charge in [0.15, 0.2) is 9.84 Å². The maximum absolute atomic E-state index is 11.5. The zero-order valence-electron chi connectivity index (χ0n) is 9.12. The van der Waals surface area contributed by atoms with Gasteiger partial charge in [0.25, 0.3) is 0 Å². The molecule has 1 unspecified atom stereocenters. The van der Waals surface area contributed by atoms with Crippen LogP contribution in [0.25, 0.3) is 0 Å². The average molecular weight is 383 g/mol. The van der Waals surface area contributed by atoms with Gasteiger partial charge in [0.2, 0.25) is 0 Å². The van der Waals surface area contributed by atoms with E-state index in [2.05, 4.69) is 37.2 Å². The highest BCUT2D eigenvalue weighted by Crippen LogP contribution is 2.28. The highest BCUT2D eigenvalue weighted by Gasteiger charge is 2.24. The van der Waals surface area contributed by atoms with Gasteiger partial charge in [-0.1, -0.05) is 15.9 Å². The van der Waals surface area contributed by atoms with Crippen LogP contribution in [0, 0.1) is 0 Å². The van der Waals surface area contributed by atoms with Gasteiger partial charge in [-0.15, -0.1) is 0 Å². The lowest BCUT2D eigenvalue weighted by Gasteiger charge is -2.24. The van der Waals surface area contributed by atoms with Crippen molar-refractivity contribution in [3.05, 3.63) is 27.1 Å². The Labute approximate surface area is 118 Å². The zero-order valence-corrected chi connectivity index (χ0v) is 13.1. The lowest BCUT2D eigenvalue weighted by atomic mass is 10.2. The molecule has 3 nitrogen and oxygen atoms in total. The molecule has 1 N–H and O–H groups in total. The standard InChI is InChI=1S/C11H13Br2NO2S/c12-8-3-4-11(10(13)6-8)14-9-2-1-5-17(15,16)7-9/h3-4,6,9,14H,1-2,5,7H2. The van der Waals surface area contributed by atoms with Gasteiger partial charge in [-0.3, -0.25) is 0 Å². The highest BCUT2D eigenvalue weighted by atomic mass is 79.9. The van der Waals surface area contributed by atoms with Crippen molar-refractivity contribution in [1.29, 1.82) is 0 Å². The molecule has 0 aromatic heterocycles. The summed E-state index contributed by atoms with van der Waals surface area (Å²) in [7, 11) is -2.86. The minimum Gasteiger partial charge on any atom is -0.380 e. The van der Waals surface area contributed by atoms with Crippen molar-refractivity contribution in [3.63, 3.8) is 0 Å². The van der Waals surface area contributed by atoms with E-state index in [-0.39, 0.29) is 11.8 Å². The van der Waals surface area contributed by atoms with Gasteiger partial charge >= 0.3 is 0 Å². The van der Waals surface area contributed by atoms with Crippen molar-refractivity contribution in [2.45, 2.75) is 18.9 Å². The highest BCUT2D eigenvalue weighted by molar-refractivity contribution is 9.11. The fourth-order valence-electron chi connectivity index (χ4n) is 1.96. The number of rotatable bonds is 2. The van der Waals surface area contributed by atoms with Crippen LogP contribution >= 0.6 is 31.9 Å². The first-order chi connectivity index (χ1) is 7.96. The molecule has 1 atom stereocenters. The number of hydrogen-bond acceptors (Lipinski definition) is 3. The molecular weight excluding hydrogens is 370 g/mol. The second kappa shape index (κ2) is 5.28. The molecule has 1 aromatic carbocycles. The Morgan fingerprint density at radius 1 is 1.29 bits per heavy atom. The van der Waals surface area contributed by atoms with Gasteiger partial charge in [0.05, 0.1) is 11.5 Å². The van der Waals surface area contributed by atoms with Gasteiger partial charge in [0.1, 0.15) is 0 Å². The first-order valence-electron chi connectivity index (χ1n) is 5.38. The second-order valence-corrected chi connectivity index (χ2v) is 8.22. The van der Waals surface area contributed by atoms with E-state index < -0.39 is 9.84 Å². The van der Waals surface area contributed by atoms with Gasteiger partial charge in [0, 0.05) is 20.7 Å². The van der Waals surface area contributed by atoms with Gasteiger partial charge in [-0.25, -0.2) is 8.42 Å². The van der Waals surface area contributed by atoms with E-state index in [0.29, 0.717) is 5.75 Å². The third kappa shape index (κ3) is 3.69. The van der Waals surface area contributed by atoms with Gasteiger partial charge in [-0.05, 0) is 47.0 Å². The quantitative estimate of drug-likeness (QED) is 0.854. The molecule has 2 rings (SSSR count). The minimum atomic E-state index is -2.86. The number of sulfone groups is 1. The average Bonchev–Trinajstić information content (AvgIpc) is 2.21. The van der Waals surface area contributed by atoms with E-state index in [1.54, 1.807) is 0 Å².